The Hall–Kier alpha value is -2.87. The van der Waals surface area contributed by atoms with Crippen LogP contribution in [0.15, 0.2) is 0 Å². The molecule has 0 aromatic carbocycles. The fourth-order valence-electron chi connectivity index (χ4n) is 10.9. The minimum atomic E-state index is -2.21. The lowest BCUT2D eigenvalue weighted by Crippen LogP contribution is -2.70. The predicted molar refractivity (Wildman–Crippen MR) is 265 cm³/mol. The van der Waals surface area contributed by atoms with Gasteiger partial charge in [-0.1, -0.05) is 0 Å². The summed E-state index contributed by atoms with van der Waals surface area (Å²) >= 11 is 0. The normalized spacial score (nSPS) is 49.4. The number of carbonyl (C=O) groups is 3. The number of aliphatic hydroxyl groups is 19. The largest absolute Gasteiger partial charge is 0.394 e. The van der Waals surface area contributed by atoms with Crippen molar-refractivity contribution in [2.24, 2.45) is 0 Å². The van der Waals surface area contributed by atoms with Crippen molar-refractivity contribution >= 4 is 17.7 Å². The van der Waals surface area contributed by atoms with Crippen LogP contribution in [0.25, 0.3) is 0 Å². The molecule has 3 amide bonds. The van der Waals surface area contributed by atoms with Crippen molar-refractivity contribution in [2.45, 2.75) is 242 Å². The van der Waals surface area contributed by atoms with E-state index in [1.54, 1.807) is 0 Å². The molecular weight excluding hydrogens is 1180 g/mol. The lowest BCUT2D eigenvalue weighted by Gasteiger charge is -2.50. The molecular formula is C48H81N3O35. The van der Waals surface area contributed by atoms with E-state index in [2.05, 4.69) is 16.0 Å². The first-order valence-corrected chi connectivity index (χ1v) is 27.5. The SMILES string of the molecule is CC(=O)N[C@@H]1[C@@H](O)[C@H](O[C@@H]2O[C@H](CO)[C@@H](O[C@@H]3O[C@H](CO[C@H]4O[C@H](CO)[C@@H](O)[C@H](O)[C@@H]4O[C@@H]4O[C@H](CO)[C@@H](O[C@@H]5O[C@H](CO)[C@H](O)[C@H](O)[C@H]5O)[C@H](O)[C@H]4NC(C)=O)[C@@H](O)[C@H](O)[C@@H]3O)[C@H](O)[C@H]2NC(C)=O)[C@@H](CO[C@@H]2O[C@@H](C)[C@@H](O)[C@@H](O)[C@@H]2O)O[C@H]1O. The Bertz CT molecular complexity index is 2170. The summed E-state index contributed by atoms with van der Waals surface area (Å²) < 4.78 is 75.2. The number of aliphatic hydroxyl groups excluding tert-OH is 19. The maximum Gasteiger partial charge on any atom is 0.217 e. The van der Waals surface area contributed by atoms with E-state index in [0.717, 1.165) is 20.8 Å². The van der Waals surface area contributed by atoms with Gasteiger partial charge in [-0.25, -0.2) is 0 Å². The van der Waals surface area contributed by atoms with Crippen molar-refractivity contribution < 1.29 is 173 Å². The predicted octanol–water partition coefficient (Wildman–Crippen LogP) is -14.8. The van der Waals surface area contributed by atoms with Crippen LogP contribution in [0.3, 0.4) is 0 Å². The highest BCUT2D eigenvalue weighted by Crippen LogP contribution is 2.37. The molecule has 0 aromatic rings. The average molecular weight is 1260 g/mol. The molecule has 38 nitrogen and oxygen atoms in total. The molecule has 0 radical (unpaired) electrons. The van der Waals surface area contributed by atoms with Crippen molar-refractivity contribution in [2.75, 3.05) is 39.6 Å². The molecule has 0 spiro atoms. The molecule has 38 heteroatoms. The molecule has 0 unspecified atom stereocenters. The van der Waals surface area contributed by atoms with Gasteiger partial charge < -0.3 is 175 Å². The second kappa shape index (κ2) is 30.5. The van der Waals surface area contributed by atoms with Gasteiger partial charge in [0.05, 0.1) is 45.7 Å². The van der Waals surface area contributed by atoms with Crippen LogP contribution in [0.2, 0.25) is 0 Å². The van der Waals surface area contributed by atoms with Crippen molar-refractivity contribution in [3.8, 4) is 0 Å². The zero-order valence-electron chi connectivity index (χ0n) is 46.5. The highest BCUT2D eigenvalue weighted by Gasteiger charge is 2.58. The summed E-state index contributed by atoms with van der Waals surface area (Å²) in [6, 6.07) is -5.17. The molecule has 0 aliphatic carbocycles. The molecule has 86 heavy (non-hydrogen) atoms. The van der Waals surface area contributed by atoms with Crippen molar-refractivity contribution in [1.82, 2.24) is 16.0 Å². The first kappa shape index (κ1) is 70.6. The van der Waals surface area contributed by atoms with Crippen LogP contribution < -0.4 is 16.0 Å². The van der Waals surface area contributed by atoms with Crippen LogP contribution in [0, 0.1) is 0 Å². The summed E-state index contributed by atoms with van der Waals surface area (Å²) in [7, 11) is 0. The summed E-state index contributed by atoms with van der Waals surface area (Å²) in [5.74, 6) is -2.46. The van der Waals surface area contributed by atoms with Gasteiger partial charge in [0, 0.05) is 20.8 Å². The van der Waals surface area contributed by atoms with Crippen molar-refractivity contribution in [1.29, 1.82) is 0 Å². The average Bonchev–Trinajstić information content (AvgIpc) is 3.64. The van der Waals surface area contributed by atoms with E-state index in [1.165, 1.54) is 6.92 Å². The first-order valence-electron chi connectivity index (χ1n) is 27.5. The van der Waals surface area contributed by atoms with Gasteiger partial charge in [-0.3, -0.25) is 14.4 Å². The monoisotopic (exact) mass is 1260 g/mol. The van der Waals surface area contributed by atoms with Gasteiger partial charge >= 0.3 is 0 Å². The lowest BCUT2D eigenvalue weighted by atomic mass is 9.94. The van der Waals surface area contributed by atoms with E-state index >= 15 is 0 Å². The second-order valence-corrected chi connectivity index (χ2v) is 21.8. The third kappa shape index (κ3) is 15.5. The zero-order valence-corrected chi connectivity index (χ0v) is 46.5. The highest BCUT2D eigenvalue weighted by atomic mass is 16.8. The Kier molecular flexibility index (Phi) is 25.0. The molecule has 7 heterocycles. The molecule has 22 N–H and O–H groups in total. The molecule has 0 bridgehead atoms. The summed E-state index contributed by atoms with van der Waals surface area (Å²) in [6.45, 7) is -1.20. The number of rotatable bonds is 21. The fourth-order valence-corrected chi connectivity index (χ4v) is 10.9. The van der Waals surface area contributed by atoms with Gasteiger partial charge in [0.1, 0.15) is 165 Å². The number of hydrogen-bond donors (Lipinski definition) is 22. The Morgan fingerprint density at radius 1 is 0.326 bits per heavy atom. The zero-order chi connectivity index (χ0) is 63.5. The topological polar surface area (TPSA) is 592 Å². The molecule has 7 fully saturated rings. The number of ether oxygens (including phenoxy) is 13. The minimum absolute atomic E-state index is 0.738. The Morgan fingerprint density at radius 2 is 0.663 bits per heavy atom. The smallest absolute Gasteiger partial charge is 0.217 e. The Labute approximate surface area is 488 Å². The Morgan fingerprint density at radius 3 is 1.14 bits per heavy atom. The number of hydrogen-bond acceptors (Lipinski definition) is 35. The molecule has 0 saturated carbocycles. The number of carbonyl (C=O) groups excluding carboxylic acids is 3. The number of nitrogens with one attached hydrogen (secondary N) is 3. The quantitative estimate of drug-likeness (QED) is 0.0507. The van der Waals surface area contributed by atoms with E-state index in [0.29, 0.717) is 0 Å². The summed E-state index contributed by atoms with van der Waals surface area (Å²) in [5.41, 5.74) is 0. The van der Waals surface area contributed by atoms with Crippen LogP contribution in [-0.4, -0.2) is 369 Å². The van der Waals surface area contributed by atoms with Crippen molar-refractivity contribution in [3.05, 3.63) is 0 Å². The van der Waals surface area contributed by atoms with Crippen LogP contribution in [0.1, 0.15) is 27.7 Å². The summed E-state index contributed by atoms with van der Waals surface area (Å²) in [6.07, 6.45) is -59.6. The van der Waals surface area contributed by atoms with E-state index in [9.17, 15) is 111 Å². The van der Waals surface area contributed by atoms with E-state index in [4.69, 9.17) is 61.6 Å². The van der Waals surface area contributed by atoms with Gasteiger partial charge in [-0.15, -0.1) is 0 Å². The summed E-state index contributed by atoms with van der Waals surface area (Å²) in [5, 5.41) is 212. The van der Waals surface area contributed by atoms with Crippen LogP contribution >= 0.6 is 0 Å². The Balaban J connectivity index is 1.07. The molecule has 7 aliphatic heterocycles. The van der Waals surface area contributed by atoms with Gasteiger partial charge in [0.15, 0.2) is 44.0 Å². The number of amides is 3. The maximum absolute atomic E-state index is 12.7. The van der Waals surface area contributed by atoms with Gasteiger partial charge in [0.2, 0.25) is 17.7 Å². The fraction of sp³-hybridized carbons (Fsp3) is 0.938. The second-order valence-electron chi connectivity index (χ2n) is 21.8. The molecule has 0 aromatic heterocycles. The molecule has 7 rings (SSSR count). The van der Waals surface area contributed by atoms with E-state index in [-0.39, 0.29) is 0 Å². The maximum atomic E-state index is 12.7. The van der Waals surface area contributed by atoms with Gasteiger partial charge in [-0.2, -0.15) is 0 Å². The first-order chi connectivity index (χ1) is 40.6. The van der Waals surface area contributed by atoms with Gasteiger partial charge in [0.25, 0.3) is 0 Å². The van der Waals surface area contributed by atoms with Gasteiger partial charge in [-0.05, 0) is 6.92 Å². The third-order valence-corrected chi connectivity index (χ3v) is 15.7. The molecule has 498 valence electrons. The highest BCUT2D eigenvalue weighted by molar-refractivity contribution is 5.74. The molecule has 7 saturated heterocycles. The van der Waals surface area contributed by atoms with Crippen LogP contribution in [0.5, 0.6) is 0 Å². The molecule has 35 atom stereocenters. The van der Waals surface area contributed by atoms with E-state index < -0.39 is 272 Å². The van der Waals surface area contributed by atoms with Crippen molar-refractivity contribution in [3.63, 3.8) is 0 Å². The molecule has 7 aliphatic rings. The van der Waals surface area contributed by atoms with E-state index in [1.807, 2.05) is 0 Å². The lowest BCUT2D eigenvalue weighted by molar-refractivity contribution is -0.380. The summed E-state index contributed by atoms with van der Waals surface area (Å²) in [4.78, 5) is 37.4. The van der Waals surface area contributed by atoms with Crippen LogP contribution in [0.4, 0.5) is 0 Å². The minimum Gasteiger partial charge on any atom is -0.394 e. The van der Waals surface area contributed by atoms with Crippen LogP contribution in [-0.2, 0) is 76.0 Å². The third-order valence-electron chi connectivity index (χ3n) is 15.7. The standard InChI is InChI=1S/C48H81N3O35/c1-11-24(59)31(66)35(70)45(76-11)74-10-20-40(28(63)21(42(73)77-20)49-12(2)56)83-43-22(50-13(3)57)29(64)39(17(7-54)80-43)85-47-37(72)33(68)27(62)19(82-47)9-75-48-41(34(69)26(61)16(6-53)79-48)86-44-23(51-14(4)58)30(65)38(18(8-55)81-44)84-46-36(71)32(67)25(60)15(5-52)78-46/h11,15-48,52-55,59-73H,5-10H2,1-4H3,(H,49,56)(H,50,57)(H,51,58)/t11-,15+,16+,17+,18+,19+,20+,21+,22+,23+,24+,25-,26+,27+,28+,29+,30+,31+,32-,33-,34-,35-,36+,37-,38+,39+,40+,41-,42+,43-,44-,45+,46-,47-,48-/m0/s1.